The maximum absolute atomic E-state index is 12.1. The number of fused-ring (bicyclic) bond motifs is 2. The van der Waals surface area contributed by atoms with Crippen LogP contribution in [0.3, 0.4) is 0 Å². The first kappa shape index (κ1) is 13.4. The number of carbonyl (C=O) groups excluding carboxylic acids is 1. The minimum absolute atomic E-state index is 0.130. The number of benzene rings is 2. The van der Waals surface area contributed by atoms with Crippen molar-refractivity contribution in [3.63, 3.8) is 0 Å². The van der Waals surface area contributed by atoms with Crippen LogP contribution in [-0.2, 0) is 17.6 Å². The second-order valence-corrected chi connectivity index (χ2v) is 6.08. The van der Waals surface area contributed by atoms with Crippen molar-refractivity contribution in [3.8, 4) is 0 Å². The lowest BCUT2D eigenvalue weighted by atomic mass is 9.86. The van der Waals surface area contributed by atoms with E-state index in [0.717, 1.165) is 19.3 Å². The monoisotopic (exact) mass is 293 g/mol. The van der Waals surface area contributed by atoms with E-state index in [1.807, 2.05) is 11.0 Å². The lowest BCUT2D eigenvalue weighted by Crippen LogP contribution is -2.42. The number of hydrogen-bond donors (Lipinski definition) is 0. The minimum Gasteiger partial charge on any atom is -0.447 e. The summed E-state index contributed by atoms with van der Waals surface area (Å²) in [6.07, 6.45) is 2.66. The number of aryl methyl sites for hydroxylation is 1. The third kappa shape index (κ3) is 2.27. The van der Waals surface area contributed by atoms with Gasteiger partial charge in [-0.15, -0.1) is 0 Å². The molecule has 2 aliphatic heterocycles. The molecule has 1 fully saturated rings. The lowest BCUT2D eigenvalue weighted by molar-refractivity contribution is 0.138. The maximum atomic E-state index is 12.1. The van der Waals surface area contributed by atoms with Gasteiger partial charge in [-0.2, -0.15) is 0 Å². The smallest absolute Gasteiger partial charge is 0.410 e. The highest BCUT2D eigenvalue weighted by Crippen LogP contribution is 2.38. The summed E-state index contributed by atoms with van der Waals surface area (Å²) < 4.78 is 5.30. The fraction of sp³-hybridized carbons (Fsp3) is 0.316. The van der Waals surface area contributed by atoms with Gasteiger partial charge in [0.1, 0.15) is 6.61 Å². The molecule has 22 heavy (non-hydrogen) atoms. The van der Waals surface area contributed by atoms with E-state index in [9.17, 15) is 4.79 Å². The molecule has 3 nitrogen and oxygen atoms in total. The van der Waals surface area contributed by atoms with Gasteiger partial charge in [0.15, 0.2) is 0 Å². The molecule has 112 valence electrons. The van der Waals surface area contributed by atoms with Gasteiger partial charge in [0.25, 0.3) is 0 Å². The molecule has 0 radical (unpaired) electrons. The van der Waals surface area contributed by atoms with Gasteiger partial charge in [-0.25, -0.2) is 4.79 Å². The highest BCUT2D eigenvalue weighted by Gasteiger charge is 2.42. The van der Waals surface area contributed by atoms with Crippen LogP contribution in [-0.4, -0.2) is 23.6 Å². The Morgan fingerprint density at radius 1 is 1.05 bits per heavy atom. The van der Waals surface area contributed by atoms with Crippen LogP contribution >= 0.6 is 0 Å². The van der Waals surface area contributed by atoms with E-state index in [-0.39, 0.29) is 18.2 Å². The first-order valence-corrected chi connectivity index (χ1v) is 7.90. The van der Waals surface area contributed by atoms with E-state index in [1.165, 1.54) is 16.7 Å². The van der Waals surface area contributed by atoms with Crippen molar-refractivity contribution in [2.75, 3.05) is 6.61 Å². The molecule has 0 unspecified atom stereocenters. The fourth-order valence-corrected chi connectivity index (χ4v) is 3.70. The van der Waals surface area contributed by atoms with Gasteiger partial charge >= 0.3 is 6.09 Å². The van der Waals surface area contributed by atoms with Crippen molar-refractivity contribution in [1.82, 2.24) is 4.90 Å². The molecule has 0 aromatic heterocycles. The molecule has 2 atom stereocenters. The Morgan fingerprint density at radius 3 is 2.68 bits per heavy atom. The molecular formula is C19H19NO2. The highest BCUT2D eigenvalue weighted by molar-refractivity contribution is 5.71. The molecule has 4 rings (SSSR count). The Balaban J connectivity index is 1.63. The van der Waals surface area contributed by atoms with Crippen LogP contribution in [0.25, 0.3) is 0 Å². The van der Waals surface area contributed by atoms with E-state index in [1.54, 1.807) is 0 Å². The van der Waals surface area contributed by atoms with Crippen LogP contribution in [0, 0.1) is 0 Å². The summed E-state index contributed by atoms with van der Waals surface area (Å²) in [6, 6.07) is 19.3. The average Bonchev–Trinajstić information content (AvgIpc) is 2.93. The number of carbonyl (C=O) groups is 1. The molecule has 2 aliphatic rings. The van der Waals surface area contributed by atoms with Gasteiger partial charge in [-0.3, -0.25) is 4.90 Å². The second kappa shape index (κ2) is 5.48. The maximum Gasteiger partial charge on any atom is 0.410 e. The number of cyclic esters (lactones) is 1. The van der Waals surface area contributed by atoms with E-state index >= 15 is 0 Å². The van der Waals surface area contributed by atoms with Crippen LogP contribution in [0.15, 0.2) is 54.6 Å². The Morgan fingerprint density at radius 2 is 1.82 bits per heavy atom. The highest BCUT2D eigenvalue weighted by atomic mass is 16.6. The van der Waals surface area contributed by atoms with E-state index in [4.69, 9.17) is 4.74 Å². The van der Waals surface area contributed by atoms with Crippen molar-refractivity contribution in [2.45, 2.75) is 31.3 Å². The third-order valence-corrected chi connectivity index (χ3v) is 4.76. The third-order valence-electron chi connectivity index (χ3n) is 4.76. The fourth-order valence-electron chi connectivity index (χ4n) is 3.70. The molecule has 3 heteroatoms. The van der Waals surface area contributed by atoms with Crippen LogP contribution < -0.4 is 0 Å². The van der Waals surface area contributed by atoms with Crippen molar-refractivity contribution in [2.24, 2.45) is 0 Å². The summed E-state index contributed by atoms with van der Waals surface area (Å²) in [5, 5.41) is 0. The summed E-state index contributed by atoms with van der Waals surface area (Å²) in [5.41, 5.74) is 3.96. The Bertz CT molecular complexity index is 683. The van der Waals surface area contributed by atoms with Crippen LogP contribution in [0.5, 0.6) is 0 Å². The summed E-state index contributed by atoms with van der Waals surface area (Å²) in [5.74, 6) is 0. The number of ether oxygens (including phenoxy) is 1. The first-order chi connectivity index (χ1) is 10.8. The van der Waals surface area contributed by atoms with Gasteiger partial charge in [-0.05, 0) is 36.0 Å². The molecule has 1 amide bonds. The Kier molecular flexibility index (Phi) is 3.34. The lowest BCUT2D eigenvalue weighted by Gasteiger charge is -2.37. The van der Waals surface area contributed by atoms with Gasteiger partial charge in [-0.1, -0.05) is 54.6 Å². The van der Waals surface area contributed by atoms with E-state index in [0.29, 0.717) is 6.61 Å². The van der Waals surface area contributed by atoms with Crippen LogP contribution in [0.2, 0.25) is 0 Å². The molecular weight excluding hydrogens is 274 g/mol. The number of rotatable bonds is 3. The quantitative estimate of drug-likeness (QED) is 0.863. The van der Waals surface area contributed by atoms with Gasteiger partial charge in [0.05, 0.1) is 12.1 Å². The van der Waals surface area contributed by atoms with Crippen LogP contribution in [0.1, 0.15) is 29.2 Å². The SMILES string of the molecule is O=C1OC[C@@H]2Cc3ccccc3[C@@H](CCc3ccccc3)N12. The largest absolute Gasteiger partial charge is 0.447 e. The second-order valence-electron chi connectivity index (χ2n) is 6.08. The van der Waals surface area contributed by atoms with Gasteiger partial charge in [0.2, 0.25) is 0 Å². The van der Waals surface area contributed by atoms with Crippen molar-refractivity contribution in [3.05, 3.63) is 71.3 Å². The minimum atomic E-state index is -0.155. The predicted molar refractivity (Wildman–Crippen MR) is 84.6 cm³/mol. The first-order valence-electron chi connectivity index (χ1n) is 7.90. The number of hydrogen-bond acceptors (Lipinski definition) is 2. The summed E-state index contributed by atoms with van der Waals surface area (Å²) in [7, 11) is 0. The average molecular weight is 293 g/mol. The zero-order valence-corrected chi connectivity index (χ0v) is 12.4. The summed E-state index contributed by atoms with van der Waals surface area (Å²) in [6.45, 7) is 0.523. The molecule has 0 N–H and O–H groups in total. The van der Waals surface area contributed by atoms with Crippen molar-refractivity contribution in [1.29, 1.82) is 0 Å². The molecule has 0 aliphatic carbocycles. The van der Waals surface area contributed by atoms with Gasteiger partial charge in [0, 0.05) is 0 Å². The summed E-state index contributed by atoms with van der Waals surface area (Å²) >= 11 is 0. The standard InChI is InChI=1S/C19H19NO2/c21-19-20-16(13-22-19)12-15-8-4-5-9-17(15)18(20)11-10-14-6-2-1-3-7-14/h1-9,16,18H,10-13H2/t16-,18+/m0/s1. The molecule has 2 aromatic carbocycles. The molecule has 0 bridgehead atoms. The Labute approximate surface area is 130 Å². The molecule has 1 saturated heterocycles. The van der Waals surface area contributed by atoms with Crippen molar-refractivity contribution >= 4 is 6.09 Å². The molecule has 2 heterocycles. The zero-order chi connectivity index (χ0) is 14.9. The van der Waals surface area contributed by atoms with Crippen molar-refractivity contribution < 1.29 is 9.53 Å². The Hall–Kier alpha value is -2.29. The molecule has 0 spiro atoms. The van der Waals surface area contributed by atoms with E-state index in [2.05, 4.69) is 48.5 Å². The topological polar surface area (TPSA) is 29.5 Å². The van der Waals surface area contributed by atoms with Gasteiger partial charge < -0.3 is 4.74 Å². The van der Waals surface area contributed by atoms with Crippen LogP contribution in [0.4, 0.5) is 4.79 Å². The normalized spacial score (nSPS) is 22.9. The number of nitrogens with zero attached hydrogens (tertiary/aromatic N) is 1. The summed E-state index contributed by atoms with van der Waals surface area (Å²) in [4.78, 5) is 14.1. The molecule has 2 aromatic rings. The predicted octanol–water partition coefficient (Wildman–Crippen LogP) is 3.74. The number of amides is 1. The van der Waals surface area contributed by atoms with E-state index < -0.39 is 0 Å². The zero-order valence-electron chi connectivity index (χ0n) is 12.4. The molecule has 0 saturated carbocycles.